The number of benzene rings is 1. The summed E-state index contributed by atoms with van der Waals surface area (Å²) >= 11 is 0. The molecule has 0 atom stereocenters. The van der Waals surface area contributed by atoms with E-state index >= 15 is 0 Å². The molecule has 3 rings (SSSR count). The van der Waals surface area contributed by atoms with E-state index in [0.717, 1.165) is 5.82 Å². The molecule has 24 heavy (non-hydrogen) atoms. The van der Waals surface area contributed by atoms with Gasteiger partial charge in [-0.15, -0.1) is 0 Å². The minimum Gasteiger partial charge on any atom is -0.233 e. The quantitative estimate of drug-likeness (QED) is 0.680. The Hall–Kier alpha value is -2.49. The highest BCUT2D eigenvalue weighted by Crippen LogP contribution is 2.27. The Balaban J connectivity index is 2.29. The molecular weight excluding hydrogens is 296 g/mol. The molecule has 0 saturated heterocycles. The molecule has 0 saturated carbocycles. The lowest BCUT2D eigenvalue weighted by Crippen LogP contribution is -2.36. The average Bonchev–Trinajstić information content (AvgIpc) is 2.92. The van der Waals surface area contributed by atoms with Gasteiger partial charge in [-0.1, -0.05) is 4.98 Å². The van der Waals surface area contributed by atoms with Gasteiger partial charge in [0.25, 0.3) is 11.6 Å². The van der Waals surface area contributed by atoms with Crippen LogP contribution >= 0.6 is 0 Å². The Bertz CT molecular complexity index is 891. The monoisotopic (exact) mass is 322 g/mol. The summed E-state index contributed by atoms with van der Waals surface area (Å²) in [6.07, 6.45) is 8.19. The molecule has 1 aromatic carbocycles. The largest absolute Gasteiger partial charge is 0.300 e. The Morgan fingerprint density at radius 3 is 2.50 bits per heavy atom. The number of nitrogens with zero attached hydrogens (tertiary/aromatic N) is 4. The maximum Gasteiger partial charge on any atom is 0.300 e. The zero-order valence-corrected chi connectivity index (χ0v) is 15.4. The maximum absolute atomic E-state index is 4.43. The molecule has 0 spiro atoms. The highest BCUT2D eigenvalue weighted by Gasteiger charge is 2.24. The number of aromatic nitrogens is 4. The molecule has 0 amide bonds. The molecule has 0 aliphatic carbocycles. The van der Waals surface area contributed by atoms with Crippen LogP contribution in [0.5, 0.6) is 0 Å². The molecule has 0 radical (unpaired) electrons. The van der Waals surface area contributed by atoms with Gasteiger partial charge in [0.1, 0.15) is 30.5 Å². The molecular formula is C20H26N4+2. The third-order valence-electron chi connectivity index (χ3n) is 4.54. The van der Waals surface area contributed by atoms with E-state index in [1.54, 1.807) is 0 Å². The van der Waals surface area contributed by atoms with Crippen LogP contribution in [-0.2, 0) is 7.05 Å². The van der Waals surface area contributed by atoms with E-state index in [1.807, 2.05) is 19.2 Å². The summed E-state index contributed by atoms with van der Waals surface area (Å²) in [4.78, 5) is 4.43. The Morgan fingerprint density at radius 2 is 1.83 bits per heavy atom. The lowest BCUT2D eigenvalue weighted by Gasteiger charge is -2.12. The van der Waals surface area contributed by atoms with Gasteiger partial charge >= 0.3 is 0 Å². The van der Waals surface area contributed by atoms with Crippen molar-refractivity contribution in [1.82, 2.24) is 9.55 Å². The van der Waals surface area contributed by atoms with Crippen LogP contribution < -0.4 is 9.13 Å². The van der Waals surface area contributed by atoms with Crippen LogP contribution in [0.25, 0.3) is 17.1 Å². The summed E-state index contributed by atoms with van der Waals surface area (Å²) in [5, 5.41) is 0. The van der Waals surface area contributed by atoms with Gasteiger partial charge in [0, 0.05) is 18.6 Å². The first-order valence-electron chi connectivity index (χ1n) is 8.42. The minimum absolute atomic E-state index is 0.414. The summed E-state index contributed by atoms with van der Waals surface area (Å²) in [5.41, 5.74) is 4.96. The standard InChI is InChI=1S/C20H26N4/c1-14(2)23-11-10-22(6)20(23)18-12-15(3)13-19(16(18)4)24-9-7-8-21-17(24)5/h7-14H,1-6H3/q+2. The Morgan fingerprint density at radius 1 is 1.08 bits per heavy atom. The van der Waals surface area contributed by atoms with Crippen molar-refractivity contribution >= 4 is 0 Å². The SMILES string of the molecule is Cc1cc(-c2n(C(C)C)cc[n+]2C)c(C)c(-[n+]2cccnc2C)c1. The smallest absolute Gasteiger partial charge is 0.233 e. The first kappa shape index (κ1) is 16.4. The van der Waals surface area contributed by atoms with Crippen molar-refractivity contribution in [2.24, 2.45) is 7.05 Å². The molecule has 0 bridgehead atoms. The van der Waals surface area contributed by atoms with E-state index in [1.165, 1.54) is 28.2 Å². The molecule has 124 valence electrons. The van der Waals surface area contributed by atoms with Crippen molar-refractivity contribution in [1.29, 1.82) is 0 Å². The van der Waals surface area contributed by atoms with Crippen LogP contribution in [-0.4, -0.2) is 9.55 Å². The normalized spacial score (nSPS) is 11.3. The number of rotatable bonds is 3. The molecule has 4 heteroatoms. The third kappa shape index (κ3) is 2.73. The highest BCUT2D eigenvalue weighted by molar-refractivity contribution is 5.64. The van der Waals surface area contributed by atoms with Crippen molar-refractivity contribution in [3.63, 3.8) is 0 Å². The average molecular weight is 322 g/mol. The zero-order valence-electron chi connectivity index (χ0n) is 15.4. The Labute approximate surface area is 144 Å². The maximum atomic E-state index is 4.43. The van der Waals surface area contributed by atoms with Gasteiger partial charge in [-0.3, -0.25) is 0 Å². The van der Waals surface area contributed by atoms with Crippen LogP contribution in [0.15, 0.2) is 43.0 Å². The molecule has 4 nitrogen and oxygen atoms in total. The van der Waals surface area contributed by atoms with Crippen LogP contribution in [0.2, 0.25) is 0 Å². The number of hydrogen-bond acceptors (Lipinski definition) is 1. The van der Waals surface area contributed by atoms with E-state index < -0.39 is 0 Å². The fourth-order valence-electron chi connectivity index (χ4n) is 3.26. The van der Waals surface area contributed by atoms with Gasteiger partial charge in [-0.2, -0.15) is 0 Å². The van der Waals surface area contributed by atoms with E-state index in [9.17, 15) is 0 Å². The molecule has 2 aromatic heterocycles. The van der Waals surface area contributed by atoms with Crippen molar-refractivity contribution in [2.45, 2.75) is 40.7 Å². The predicted molar refractivity (Wildman–Crippen MR) is 95.0 cm³/mol. The first-order chi connectivity index (χ1) is 11.4. The van der Waals surface area contributed by atoms with Crippen molar-refractivity contribution in [3.8, 4) is 17.1 Å². The minimum atomic E-state index is 0.414. The fraction of sp³-hybridized carbons (Fsp3) is 0.350. The van der Waals surface area contributed by atoms with Crippen LogP contribution in [0.4, 0.5) is 0 Å². The summed E-state index contributed by atoms with van der Waals surface area (Å²) in [6.45, 7) is 10.8. The second kappa shape index (κ2) is 6.19. The zero-order chi connectivity index (χ0) is 17.4. The molecule has 0 fully saturated rings. The number of aryl methyl sites for hydroxylation is 3. The number of imidazole rings is 1. The second-order valence-corrected chi connectivity index (χ2v) is 6.73. The predicted octanol–water partition coefficient (Wildman–Crippen LogP) is 3.16. The van der Waals surface area contributed by atoms with Crippen molar-refractivity contribution < 1.29 is 9.13 Å². The summed E-state index contributed by atoms with van der Waals surface area (Å²) in [7, 11) is 2.11. The molecule has 2 heterocycles. The second-order valence-electron chi connectivity index (χ2n) is 6.73. The van der Waals surface area contributed by atoms with Crippen LogP contribution in [0, 0.1) is 20.8 Å². The fourth-order valence-corrected chi connectivity index (χ4v) is 3.26. The summed E-state index contributed by atoms with van der Waals surface area (Å²) in [5.74, 6) is 2.22. The first-order valence-corrected chi connectivity index (χ1v) is 8.42. The lowest BCUT2D eigenvalue weighted by molar-refractivity contribution is -0.659. The van der Waals surface area contributed by atoms with Gasteiger partial charge in [-0.05, 0) is 45.4 Å². The molecule has 0 aliphatic rings. The Kier molecular flexibility index (Phi) is 4.22. The molecule has 0 unspecified atom stereocenters. The third-order valence-corrected chi connectivity index (χ3v) is 4.54. The van der Waals surface area contributed by atoms with Crippen LogP contribution in [0.1, 0.15) is 36.8 Å². The topological polar surface area (TPSA) is 25.6 Å². The van der Waals surface area contributed by atoms with Gasteiger partial charge in [0.15, 0.2) is 0 Å². The van der Waals surface area contributed by atoms with Gasteiger partial charge in [0.05, 0.1) is 18.7 Å². The highest BCUT2D eigenvalue weighted by atomic mass is 15.1. The number of hydrogen-bond donors (Lipinski definition) is 0. The van der Waals surface area contributed by atoms with E-state index in [2.05, 4.69) is 84.2 Å². The van der Waals surface area contributed by atoms with Crippen molar-refractivity contribution in [2.75, 3.05) is 0 Å². The van der Waals surface area contributed by atoms with Crippen molar-refractivity contribution in [3.05, 3.63) is 59.9 Å². The summed E-state index contributed by atoms with van der Waals surface area (Å²) < 4.78 is 6.69. The van der Waals surface area contributed by atoms with Gasteiger partial charge in [-0.25, -0.2) is 13.7 Å². The van der Waals surface area contributed by atoms with Gasteiger partial charge < -0.3 is 0 Å². The van der Waals surface area contributed by atoms with E-state index in [4.69, 9.17) is 0 Å². The molecule has 3 aromatic rings. The van der Waals surface area contributed by atoms with E-state index in [-0.39, 0.29) is 0 Å². The van der Waals surface area contributed by atoms with E-state index in [0.29, 0.717) is 6.04 Å². The molecule has 0 N–H and O–H groups in total. The summed E-state index contributed by atoms with van der Waals surface area (Å²) in [6, 6.07) is 6.90. The molecule has 0 aliphatic heterocycles. The van der Waals surface area contributed by atoms with Gasteiger partial charge in [0.2, 0.25) is 0 Å². The lowest BCUT2D eigenvalue weighted by atomic mass is 10.0. The van der Waals surface area contributed by atoms with Crippen LogP contribution in [0.3, 0.4) is 0 Å².